The molecule has 1 aromatic carbocycles. The van der Waals surface area contributed by atoms with Gasteiger partial charge in [0.05, 0.1) is 11.1 Å². The number of aromatic nitrogens is 2. The largest absolute Gasteiger partial charge is 0.482 e. The van der Waals surface area contributed by atoms with Crippen LogP contribution in [0.4, 0.5) is 0 Å². The van der Waals surface area contributed by atoms with Gasteiger partial charge in [-0.1, -0.05) is 23.7 Å². The van der Waals surface area contributed by atoms with Gasteiger partial charge in [0.1, 0.15) is 11.6 Å². The summed E-state index contributed by atoms with van der Waals surface area (Å²) in [5.41, 5.74) is 0. The Kier molecular flexibility index (Phi) is 4.41. The zero-order chi connectivity index (χ0) is 13.7. The molecule has 5 nitrogen and oxygen atoms in total. The fourth-order valence-corrected chi connectivity index (χ4v) is 1.76. The van der Waals surface area contributed by atoms with Gasteiger partial charge in [0.2, 0.25) is 0 Å². The molecule has 1 amide bonds. The van der Waals surface area contributed by atoms with Crippen molar-refractivity contribution in [3.05, 3.63) is 47.5 Å². The summed E-state index contributed by atoms with van der Waals surface area (Å²) in [6.07, 6.45) is 3.34. The second-order valence-corrected chi connectivity index (χ2v) is 4.39. The second kappa shape index (κ2) is 6.24. The number of ether oxygens (including phenoxy) is 1. The number of hydrogen-bond donors (Lipinski definition) is 2. The third-order valence-corrected chi connectivity index (χ3v) is 2.81. The lowest BCUT2D eigenvalue weighted by Crippen LogP contribution is -2.31. The van der Waals surface area contributed by atoms with Crippen molar-refractivity contribution >= 4 is 17.5 Å². The first-order chi connectivity index (χ1) is 9.16. The van der Waals surface area contributed by atoms with Crippen molar-refractivity contribution in [3.63, 3.8) is 0 Å². The molecule has 2 N–H and O–H groups in total. The predicted octanol–water partition coefficient (Wildman–Crippen LogP) is 2.32. The SMILES string of the molecule is CC(NC(=O)COc1ccccc1Cl)c1ncc[nH]1. The van der Waals surface area contributed by atoms with E-state index in [9.17, 15) is 4.79 Å². The van der Waals surface area contributed by atoms with Gasteiger partial charge < -0.3 is 15.0 Å². The summed E-state index contributed by atoms with van der Waals surface area (Å²) in [6, 6.07) is 6.82. The van der Waals surface area contributed by atoms with E-state index in [4.69, 9.17) is 16.3 Å². The van der Waals surface area contributed by atoms with Crippen molar-refractivity contribution in [2.24, 2.45) is 0 Å². The summed E-state index contributed by atoms with van der Waals surface area (Å²) in [5.74, 6) is 0.958. The molecular formula is C13H14ClN3O2. The molecule has 0 aliphatic rings. The Morgan fingerprint density at radius 1 is 1.53 bits per heavy atom. The van der Waals surface area contributed by atoms with Crippen LogP contribution >= 0.6 is 11.6 Å². The van der Waals surface area contributed by atoms with Crippen LogP contribution < -0.4 is 10.1 Å². The first-order valence-electron chi connectivity index (χ1n) is 5.83. The van der Waals surface area contributed by atoms with Crippen LogP contribution in [0.2, 0.25) is 5.02 Å². The lowest BCUT2D eigenvalue weighted by atomic mass is 10.3. The molecule has 100 valence electrons. The number of amides is 1. The average Bonchev–Trinajstić information content (AvgIpc) is 2.91. The average molecular weight is 280 g/mol. The van der Waals surface area contributed by atoms with E-state index in [0.717, 1.165) is 0 Å². The summed E-state index contributed by atoms with van der Waals surface area (Å²) in [6.45, 7) is 1.75. The fraction of sp³-hybridized carbons (Fsp3) is 0.231. The van der Waals surface area contributed by atoms with Gasteiger partial charge >= 0.3 is 0 Å². The molecule has 1 heterocycles. The van der Waals surface area contributed by atoms with Gasteiger partial charge in [-0.05, 0) is 19.1 Å². The van der Waals surface area contributed by atoms with Crippen LogP contribution in [0, 0.1) is 0 Å². The minimum atomic E-state index is -0.233. The van der Waals surface area contributed by atoms with Crippen LogP contribution in [0.15, 0.2) is 36.7 Å². The maximum absolute atomic E-state index is 11.7. The van der Waals surface area contributed by atoms with E-state index in [0.29, 0.717) is 16.6 Å². The third kappa shape index (κ3) is 3.72. The number of carbonyl (C=O) groups is 1. The highest BCUT2D eigenvalue weighted by Crippen LogP contribution is 2.22. The van der Waals surface area contributed by atoms with Crippen molar-refractivity contribution in [1.82, 2.24) is 15.3 Å². The topological polar surface area (TPSA) is 67.0 Å². The maximum atomic E-state index is 11.7. The van der Waals surface area contributed by atoms with Gasteiger partial charge in [0.25, 0.3) is 5.91 Å². The highest BCUT2D eigenvalue weighted by Gasteiger charge is 2.12. The summed E-state index contributed by atoms with van der Waals surface area (Å²) < 4.78 is 5.34. The number of rotatable bonds is 5. The molecule has 2 aromatic rings. The predicted molar refractivity (Wildman–Crippen MR) is 72.1 cm³/mol. The number of imidazole rings is 1. The van der Waals surface area contributed by atoms with Crippen molar-refractivity contribution in [3.8, 4) is 5.75 Å². The van der Waals surface area contributed by atoms with Gasteiger partial charge in [-0.2, -0.15) is 0 Å². The zero-order valence-electron chi connectivity index (χ0n) is 10.4. The number of benzene rings is 1. The summed E-state index contributed by atoms with van der Waals surface area (Å²) >= 11 is 5.92. The molecule has 1 unspecified atom stereocenters. The van der Waals surface area contributed by atoms with Crippen molar-refractivity contribution in [2.75, 3.05) is 6.61 Å². The number of hydrogen-bond acceptors (Lipinski definition) is 3. The first-order valence-corrected chi connectivity index (χ1v) is 6.20. The van der Waals surface area contributed by atoms with E-state index in [1.807, 2.05) is 6.92 Å². The van der Waals surface area contributed by atoms with E-state index in [-0.39, 0.29) is 18.6 Å². The molecule has 2 rings (SSSR count). The highest BCUT2D eigenvalue weighted by molar-refractivity contribution is 6.32. The van der Waals surface area contributed by atoms with Crippen LogP contribution in [-0.2, 0) is 4.79 Å². The van der Waals surface area contributed by atoms with E-state index < -0.39 is 0 Å². The quantitative estimate of drug-likeness (QED) is 0.883. The Labute approximate surface area is 116 Å². The fourth-order valence-electron chi connectivity index (χ4n) is 1.57. The molecule has 0 radical (unpaired) electrons. The van der Waals surface area contributed by atoms with Crippen LogP contribution in [0.3, 0.4) is 0 Å². The number of para-hydroxylation sites is 1. The lowest BCUT2D eigenvalue weighted by molar-refractivity contribution is -0.123. The molecule has 1 atom stereocenters. The number of aromatic amines is 1. The second-order valence-electron chi connectivity index (χ2n) is 3.98. The van der Waals surface area contributed by atoms with Crippen LogP contribution in [-0.4, -0.2) is 22.5 Å². The highest BCUT2D eigenvalue weighted by atomic mass is 35.5. The maximum Gasteiger partial charge on any atom is 0.258 e. The normalized spacial score (nSPS) is 11.9. The Bertz CT molecular complexity index is 543. The summed E-state index contributed by atoms with van der Waals surface area (Å²) in [5, 5.41) is 3.25. The minimum Gasteiger partial charge on any atom is -0.482 e. The Balaban J connectivity index is 1.84. The molecular weight excluding hydrogens is 266 g/mol. The monoisotopic (exact) mass is 279 g/mol. The molecule has 6 heteroatoms. The third-order valence-electron chi connectivity index (χ3n) is 2.50. The van der Waals surface area contributed by atoms with E-state index in [2.05, 4.69) is 15.3 Å². The van der Waals surface area contributed by atoms with Gasteiger partial charge in [-0.3, -0.25) is 4.79 Å². The Morgan fingerprint density at radius 2 is 2.32 bits per heavy atom. The van der Waals surface area contributed by atoms with Crippen LogP contribution in [0.5, 0.6) is 5.75 Å². The number of nitrogens with zero attached hydrogens (tertiary/aromatic N) is 1. The molecule has 19 heavy (non-hydrogen) atoms. The van der Waals surface area contributed by atoms with E-state index in [1.54, 1.807) is 36.7 Å². The lowest BCUT2D eigenvalue weighted by Gasteiger charge is -2.12. The Morgan fingerprint density at radius 3 is 3.00 bits per heavy atom. The van der Waals surface area contributed by atoms with Gasteiger partial charge in [-0.15, -0.1) is 0 Å². The molecule has 0 aliphatic carbocycles. The molecule has 0 fully saturated rings. The summed E-state index contributed by atoms with van der Waals surface area (Å²) in [7, 11) is 0. The van der Waals surface area contributed by atoms with Crippen molar-refractivity contribution < 1.29 is 9.53 Å². The Hall–Kier alpha value is -2.01. The van der Waals surface area contributed by atoms with Crippen molar-refractivity contribution in [2.45, 2.75) is 13.0 Å². The molecule has 0 saturated heterocycles. The molecule has 0 spiro atoms. The smallest absolute Gasteiger partial charge is 0.258 e. The van der Waals surface area contributed by atoms with Crippen molar-refractivity contribution in [1.29, 1.82) is 0 Å². The molecule has 0 aliphatic heterocycles. The van der Waals surface area contributed by atoms with Crippen LogP contribution in [0.1, 0.15) is 18.8 Å². The van der Waals surface area contributed by atoms with Gasteiger partial charge in [-0.25, -0.2) is 4.98 Å². The van der Waals surface area contributed by atoms with Gasteiger partial charge in [0.15, 0.2) is 6.61 Å². The van der Waals surface area contributed by atoms with E-state index in [1.165, 1.54) is 0 Å². The number of H-pyrrole nitrogens is 1. The molecule has 1 aromatic heterocycles. The van der Waals surface area contributed by atoms with E-state index >= 15 is 0 Å². The number of nitrogens with one attached hydrogen (secondary N) is 2. The summed E-state index contributed by atoms with van der Waals surface area (Å²) in [4.78, 5) is 18.7. The number of halogens is 1. The first kappa shape index (κ1) is 13.4. The molecule has 0 bridgehead atoms. The zero-order valence-corrected chi connectivity index (χ0v) is 11.1. The van der Waals surface area contributed by atoms with Crippen LogP contribution in [0.25, 0.3) is 0 Å². The van der Waals surface area contributed by atoms with Gasteiger partial charge in [0, 0.05) is 12.4 Å². The minimum absolute atomic E-state index is 0.0885. The molecule has 0 saturated carbocycles. The standard InChI is InChI=1S/C13H14ClN3O2/c1-9(13-15-6-7-16-13)17-12(18)8-19-11-5-3-2-4-10(11)14/h2-7,9H,8H2,1H3,(H,15,16)(H,17,18). The number of carbonyl (C=O) groups excluding carboxylic acids is 1.